The predicted octanol–water partition coefficient (Wildman–Crippen LogP) is 3.04. The molecule has 0 amide bonds. The lowest BCUT2D eigenvalue weighted by atomic mass is 9.97. The third-order valence-electron chi connectivity index (χ3n) is 3.58. The van der Waals surface area contributed by atoms with E-state index in [-0.39, 0.29) is 6.54 Å². The second-order valence-electron chi connectivity index (χ2n) is 5.18. The maximum absolute atomic E-state index is 12.7. The molecule has 1 aliphatic rings. The van der Waals surface area contributed by atoms with Crippen LogP contribution in [-0.4, -0.2) is 43.3 Å². The van der Waals surface area contributed by atoms with Crippen molar-refractivity contribution in [2.45, 2.75) is 51.7 Å². The normalized spacial score (nSPS) is 24.2. The van der Waals surface area contributed by atoms with Gasteiger partial charge in [0.15, 0.2) is 0 Å². The van der Waals surface area contributed by atoms with Crippen molar-refractivity contribution < 1.29 is 13.2 Å². The lowest BCUT2D eigenvalue weighted by molar-refractivity contribution is -0.186. The zero-order chi connectivity index (χ0) is 13.6. The predicted molar refractivity (Wildman–Crippen MR) is 67.6 cm³/mol. The van der Waals surface area contributed by atoms with Crippen molar-refractivity contribution in [2.75, 3.05) is 26.2 Å². The fourth-order valence-electron chi connectivity index (χ4n) is 2.70. The highest BCUT2D eigenvalue weighted by Gasteiger charge is 2.41. The second kappa shape index (κ2) is 7.34. The van der Waals surface area contributed by atoms with Crippen molar-refractivity contribution in [3.63, 3.8) is 0 Å². The Morgan fingerprint density at radius 1 is 1.33 bits per heavy atom. The molecule has 0 spiro atoms. The van der Waals surface area contributed by atoms with Gasteiger partial charge < -0.3 is 10.2 Å². The number of halogens is 3. The topological polar surface area (TPSA) is 15.3 Å². The first-order chi connectivity index (χ1) is 8.47. The number of nitrogens with zero attached hydrogens (tertiary/aromatic N) is 1. The summed E-state index contributed by atoms with van der Waals surface area (Å²) in [6, 6.07) is 0.326. The smallest absolute Gasteiger partial charge is 0.313 e. The number of nitrogens with one attached hydrogen (secondary N) is 1. The SMILES string of the molecule is CCCC(CN1CCCC(C(F)(F)F)C1)NCC. The molecule has 1 fully saturated rings. The van der Waals surface area contributed by atoms with Crippen LogP contribution in [0.5, 0.6) is 0 Å². The van der Waals surface area contributed by atoms with E-state index in [0.717, 1.165) is 32.5 Å². The van der Waals surface area contributed by atoms with Crippen LogP contribution in [0.25, 0.3) is 0 Å². The molecule has 0 aromatic rings. The summed E-state index contributed by atoms with van der Waals surface area (Å²) in [6.07, 6.45) is -0.985. The highest BCUT2D eigenvalue weighted by atomic mass is 19.4. The third-order valence-corrected chi connectivity index (χ3v) is 3.58. The first kappa shape index (κ1) is 15.8. The Morgan fingerprint density at radius 2 is 2.06 bits per heavy atom. The minimum atomic E-state index is -4.03. The Balaban J connectivity index is 2.45. The van der Waals surface area contributed by atoms with Gasteiger partial charge in [0.05, 0.1) is 5.92 Å². The van der Waals surface area contributed by atoms with Crippen LogP contribution in [0.4, 0.5) is 13.2 Å². The monoisotopic (exact) mass is 266 g/mol. The average molecular weight is 266 g/mol. The van der Waals surface area contributed by atoms with E-state index < -0.39 is 12.1 Å². The molecule has 1 rings (SSSR count). The number of likely N-dealkylation sites (N-methyl/N-ethyl adjacent to an activating group) is 1. The minimum Gasteiger partial charge on any atom is -0.313 e. The van der Waals surface area contributed by atoms with E-state index in [1.165, 1.54) is 0 Å². The Labute approximate surface area is 108 Å². The van der Waals surface area contributed by atoms with Gasteiger partial charge in [-0.25, -0.2) is 0 Å². The molecule has 1 aliphatic heterocycles. The van der Waals surface area contributed by atoms with Gasteiger partial charge in [-0.05, 0) is 32.4 Å². The van der Waals surface area contributed by atoms with Gasteiger partial charge in [0, 0.05) is 19.1 Å². The van der Waals surface area contributed by atoms with Gasteiger partial charge in [0.2, 0.25) is 0 Å². The van der Waals surface area contributed by atoms with Gasteiger partial charge in [-0.15, -0.1) is 0 Å². The molecule has 1 saturated heterocycles. The number of piperidine rings is 1. The fraction of sp³-hybridized carbons (Fsp3) is 1.00. The second-order valence-corrected chi connectivity index (χ2v) is 5.18. The first-order valence-corrected chi connectivity index (χ1v) is 6.99. The summed E-state index contributed by atoms with van der Waals surface area (Å²) in [7, 11) is 0. The number of hydrogen-bond acceptors (Lipinski definition) is 2. The lowest BCUT2D eigenvalue weighted by Gasteiger charge is -2.35. The van der Waals surface area contributed by atoms with E-state index in [9.17, 15) is 13.2 Å². The van der Waals surface area contributed by atoms with Crippen molar-refractivity contribution >= 4 is 0 Å². The molecule has 0 bridgehead atoms. The molecule has 2 atom stereocenters. The van der Waals surface area contributed by atoms with E-state index >= 15 is 0 Å². The van der Waals surface area contributed by atoms with Crippen LogP contribution >= 0.6 is 0 Å². The standard InChI is InChI=1S/C13H25F3N2/c1-3-6-12(17-4-2)10-18-8-5-7-11(9-18)13(14,15)16/h11-12,17H,3-10H2,1-2H3. The highest BCUT2D eigenvalue weighted by Crippen LogP contribution is 2.33. The zero-order valence-electron chi connectivity index (χ0n) is 11.4. The Kier molecular flexibility index (Phi) is 6.43. The summed E-state index contributed by atoms with van der Waals surface area (Å²) in [5.74, 6) is -1.13. The Hall–Kier alpha value is -0.290. The summed E-state index contributed by atoms with van der Waals surface area (Å²) in [5.41, 5.74) is 0. The van der Waals surface area contributed by atoms with Gasteiger partial charge in [-0.1, -0.05) is 20.3 Å². The van der Waals surface area contributed by atoms with Crippen molar-refractivity contribution in [3.8, 4) is 0 Å². The number of hydrogen-bond donors (Lipinski definition) is 1. The molecule has 1 N–H and O–H groups in total. The van der Waals surface area contributed by atoms with E-state index in [0.29, 0.717) is 18.9 Å². The summed E-state index contributed by atoms with van der Waals surface area (Å²) >= 11 is 0. The molecule has 0 aliphatic carbocycles. The Morgan fingerprint density at radius 3 is 2.61 bits per heavy atom. The van der Waals surface area contributed by atoms with Crippen LogP contribution in [0.15, 0.2) is 0 Å². The van der Waals surface area contributed by atoms with Crippen LogP contribution < -0.4 is 5.32 Å². The van der Waals surface area contributed by atoms with Gasteiger partial charge >= 0.3 is 6.18 Å². The Bertz CT molecular complexity index is 225. The molecule has 2 unspecified atom stereocenters. The van der Waals surface area contributed by atoms with Crippen LogP contribution in [-0.2, 0) is 0 Å². The van der Waals surface area contributed by atoms with Gasteiger partial charge in [0.25, 0.3) is 0 Å². The summed E-state index contributed by atoms with van der Waals surface area (Å²) < 4.78 is 38.1. The van der Waals surface area contributed by atoms with Crippen molar-refractivity contribution in [3.05, 3.63) is 0 Å². The number of rotatable bonds is 6. The van der Waals surface area contributed by atoms with E-state index in [1.807, 2.05) is 11.8 Å². The summed E-state index contributed by atoms with van der Waals surface area (Å²) in [4.78, 5) is 1.98. The van der Waals surface area contributed by atoms with Crippen LogP contribution in [0.2, 0.25) is 0 Å². The molecule has 108 valence electrons. The van der Waals surface area contributed by atoms with Crippen molar-refractivity contribution in [1.82, 2.24) is 10.2 Å². The summed E-state index contributed by atoms with van der Waals surface area (Å²) in [5, 5.41) is 3.36. The average Bonchev–Trinajstić information content (AvgIpc) is 2.29. The molecule has 5 heteroatoms. The van der Waals surface area contributed by atoms with Crippen LogP contribution in [0, 0.1) is 5.92 Å². The van der Waals surface area contributed by atoms with Crippen molar-refractivity contribution in [2.24, 2.45) is 5.92 Å². The molecule has 0 aromatic heterocycles. The van der Waals surface area contributed by atoms with Gasteiger partial charge in [-0.2, -0.15) is 13.2 Å². The quantitative estimate of drug-likeness (QED) is 0.795. The minimum absolute atomic E-state index is 0.176. The maximum Gasteiger partial charge on any atom is 0.393 e. The summed E-state index contributed by atoms with van der Waals surface area (Å²) in [6.45, 7) is 6.75. The van der Waals surface area contributed by atoms with Gasteiger partial charge in [-0.3, -0.25) is 0 Å². The molecule has 0 radical (unpaired) electrons. The van der Waals surface area contributed by atoms with E-state index in [4.69, 9.17) is 0 Å². The molecule has 0 aromatic carbocycles. The van der Waals surface area contributed by atoms with Crippen LogP contribution in [0.3, 0.4) is 0 Å². The fourth-order valence-corrected chi connectivity index (χ4v) is 2.70. The first-order valence-electron chi connectivity index (χ1n) is 6.99. The third kappa shape index (κ3) is 5.14. The molecular weight excluding hydrogens is 241 g/mol. The zero-order valence-corrected chi connectivity index (χ0v) is 11.4. The lowest BCUT2D eigenvalue weighted by Crippen LogP contribution is -2.47. The number of likely N-dealkylation sites (tertiary alicyclic amines) is 1. The highest BCUT2D eigenvalue weighted by molar-refractivity contribution is 4.81. The van der Waals surface area contributed by atoms with Crippen molar-refractivity contribution in [1.29, 1.82) is 0 Å². The molecule has 18 heavy (non-hydrogen) atoms. The molecular formula is C13H25F3N2. The largest absolute Gasteiger partial charge is 0.393 e. The van der Waals surface area contributed by atoms with E-state index in [1.54, 1.807) is 0 Å². The number of alkyl halides is 3. The molecule has 1 heterocycles. The molecule has 0 saturated carbocycles. The van der Waals surface area contributed by atoms with Gasteiger partial charge in [0.1, 0.15) is 0 Å². The molecule has 2 nitrogen and oxygen atoms in total. The van der Waals surface area contributed by atoms with Crippen LogP contribution in [0.1, 0.15) is 39.5 Å². The maximum atomic E-state index is 12.7. The van der Waals surface area contributed by atoms with E-state index in [2.05, 4.69) is 12.2 Å².